The van der Waals surface area contributed by atoms with Gasteiger partial charge >= 0.3 is 0 Å². The van der Waals surface area contributed by atoms with Gasteiger partial charge in [-0.25, -0.2) is 0 Å². The van der Waals surface area contributed by atoms with Gasteiger partial charge in [0, 0.05) is 5.69 Å². The molecule has 3 heteroatoms. The fourth-order valence-electron chi connectivity index (χ4n) is 2.44. The van der Waals surface area contributed by atoms with E-state index in [1.165, 1.54) is 0 Å². The Morgan fingerprint density at radius 1 is 1.30 bits per heavy atom. The summed E-state index contributed by atoms with van der Waals surface area (Å²) in [7, 11) is 1.62. The Kier molecular flexibility index (Phi) is 4.41. The van der Waals surface area contributed by atoms with E-state index in [2.05, 4.69) is 13.2 Å². The normalized spacial score (nSPS) is 21.6. The number of amides is 1. The number of anilines is 1. The van der Waals surface area contributed by atoms with Crippen LogP contribution in [0.1, 0.15) is 6.42 Å². The van der Waals surface area contributed by atoms with Gasteiger partial charge in [0.05, 0.1) is 19.1 Å². The van der Waals surface area contributed by atoms with Gasteiger partial charge in [-0.15, -0.1) is 6.58 Å². The van der Waals surface area contributed by atoms with E-state index in [4.69, 9.17) is 4.74 Å². The number of benzene rings is 1. The molecule has 1 amide bonds. The van der Waals surface area contributed by atoms with Crippen LogP contribution in [0.25, 0.3) is 0 Å². The molecule has 0 aromatic heterocycles. The van der Waals surface area contributed by atoms with Crippen LogP contribution in [0.15, 0.2) is 61.7 Å². The molecular formula is C17H19NO2. The van der Waals surface area contributed by atoms with Crippen molar-refractivity contribution in [3.05, 3.63) is 61.7 Å². The molecule has 2 atom stereocenters. The molecule has 2 rings (SSSR count). The third-order valence-corrected chi connectivity index (χ3v) is 3.48. The molecule has 3 nitrogen and oxygen atoms in total. The molecule has 20 heavy (non-hydrogen) atoms. The molecule has 1 fully saturated rings. The van der Waals surface area contributed by atoms with Gasteiger partial charge in [0.25, 0.3) is 0 Å². The molecule has 0 saturated carbocycles. The summed E-state index contributed by atoms with van der Waals surface area (Å²) < 4.78 is 5.13. The van der Waals surface area contributed by atoms with Gasteiger partial charge in [-0.3, -0.25) is 4.79 Å². The second-order valence-corrected chi connectivity index (χ2v) is 4.65. The first-order chi connectivity index (χ1) is 9.72. The van der Waals surface area contributed by atoms with Crippen LogP contribution in [0, 0.1) is 5.92 Å². The van der Waals surface area contributed by atoms with Crippen molar-refractivity contribution in [3.63, 3.8) is 0 Å². The Morgan fingerprint density at radius 3 is 2.55 bits per heavy atom. The molecule has 1 aromatic rings. The van der Waals surface area contributed by atoms with Gasteiger partial charge in [-0.1, -0.05) is 30.9 Å². The van der Waals surface area contributed by atoms with E-state index in [-0.39, 0.29) is 17.9 Å². The van der Waals surface area contributed by atoms with Gasteiger partial charge in [0.2, 0.25) is 5.91 Å². The molecule has 0 bridgehead atoms. The fraction of sp³-hybridized carbons (Fsp3) is 0.235. The number of allylic oxidation sites excluding steroid dienone is 3. The lowest BCUT2D eigenvalue weighted by atomic mass is 9.83. The van der Waals surface area contributed by atoms with Gasteiger partial charge in [-0.2, -0.15) is 0 Å². The van der Waals surface area contributed by atoms with E-state index in [9.17, 15) is 4.79 Å². The number of hydrogen-bond acceptors (Lipinski definition) is 2. The van der Waals surface area contributed by atoms with E-state index in [1.807, 2.05) is 36.4 Å². The molecule has 0 aliphatic carbocycles. The minimum atomic E-state index is -0.0224. The molecule has 1 aliphatic heterocycles. The summed E-state index contributed by atoms with van der Waals surface area (Å²) in [6.07, 6.45) is 8.09. The van der Waals surface area contributed by atoms with E-state index in [0.717, 1.165) is 11.4 Å². The summed E-state index contributed by atoms with van der Waals surface area (Å²) >= 11 is 0. The fourth-order valence-corrected chi connectivity index (χ4v) is 2.44. The van der Waals surface area contributed by atoms with Crippen LogP contribution in [-0.2, 0) is 4.79 Å². The highest BCUT2D eigenvalue weighted by Crippen LogP contribution is 2.36. The van der Waals surface area contributed by atoms with Crippen LogP contribution in [-0.4, -0.2) is 19.1 Å². The molecule has 0 radical (unpaired) electrons. The van der Waals surface area contributed by atoms with Crippen LogP contribution < -0.4 is 9.64 Å². The number of rotatable bonds is 6. The zero-order valence-corrected chi connectivity index (χ0v) is 11.7. The summed E-state index contributed by atoms with van der Waals surface area (Å²) in [4.78, 5) is 14.1. The van der Waals surface area contributed by atoms with Gasteiger partial charge in [0.1, 0.15) is 5.75 Å². The Morgan fingerprint density at radius 2 is 2.00 bits per heavy atom. The van der Waals surface area contributed by atoms with E-state index in [0.29, 0.717) is 6.42 Å². The summed E-state index contributed by atoms with van der Waals surface area (Å²) in [5.74, 6) is 0.891. The van der Waals surface area contributed by atoms with E-state index >= 15 is 0 Å². The highest BCUT2D eigenvalue weighted by atomic mass is 16.5. The van der Waals surface area contributed by atoms with Gasteiger partial charge in [0.15, 0.2) is 0 Å². The number of carbonyl (C=O) groups is 1. The van der Waals surface area contributed by atoms with Crippen molar-refractivity contribution in [2.45, 2.75) is 12.5 Å². The van der Waals surface area contributed by atoms with Crippen molar-refractivity contribution in [2.75, 3.05) is 12.0 Å². The molecule has 104 valence electrons. The predicted octanol–water partition coefficient (Wildman–Crippen LogP) is 3.34. The third-order valence-electron chi connectivity index (χ3n) is 3.48. The molecular weight excluding hydrogens is 250 g/mol. The number of ether oxygens (including phenoxy) is 1. The highest BCUT2D eigenvalue weighted by Gasteiger charge is 2.45. The monoisotopic (exact) mass is 269 g/mol. The lowest BCUT2D eigenvalue weighted by Gasteiger charge is -2.45. The minimum Gasteiger partial charge on any atom is -0.497 e. The standard InChI is InChI=1S/C17H19NO2/c1-4-6-8-16-15(7-5-2)17(19)18(16)13-9-11-14(20-3)12-10-13/h4-6,8-12,15-16H,1-2,7H2,3H3/b8-6+/t15-,16?/m1/s1. The SMILES string of the molecule is C=C/C=C/C1[C@@H](CC=C)C(=O)N1c1ccc(OC)cc1. The highest BCUT2D eigenvalue weighted by molar-refractivity contribution is 6.03. The molecule has 1 aromatic carbocycles. The van der Waals surface area contributed by atoms with Crippen LogP contribution >= 0.6 is 0 Å². The number of nitrogens with zero attached hydrogens (tertiary/aromatic N) is 1. The Bertz CT molecular complexity index is 530. The van der Waals surface area contributed by atoms with Gasteiger partial charge in [-0.05, 0) is 30.7 Å². The Labute approximate surface area is 119 Å². The Hall–Kier alpha value is -2.29. The van der Waals surface area contributed by atoms with Crippen molar-refractivity contribution in [1.82, 2.24) is 0 Å². The average molecular weight is 269 g/mol. The second kappa shape index (κ2) is 6.24. The van der Waals surface area contributed by atoms with Crippen molar-refractivity contribution in [1.29, 1.82) is 0 Å². The number of carbonyl (C=O) groups excluding carboxylic acids is 1. The summed E-state index contributed by atoms with van der Waals surface area (Å²) in [5, 5.41) is 0. The van der Waals surface area contributed by atoms with E-state index in [1.54, 1.807) is 24.2 Å². The van der Waals surface area contributed by atoms with Crippen molar-refractivity contribution in [3.8, 4) is 5.75 Å². The van der Waals surface area contributed by atoms with E-state index < -0.39 is 0 Å². The smallest absolute Gasteiger partial charge is 0.233 e. The second-order valence-electron chi connectivity index (χ2n) is 4.65. The number of methoxy groups -OCH3 is 1. The third kappa shape index (κ3) is 2.52. The topological polar surface area (TPSA) is 29.5 Å². The largest absolute Gasteiger partial charge is 0.497 e. The summed E-state index contributed by atoms with van der Waals surface area (Å²) in [5.41, 5.74) is 0.884. The first-order valence-electron chi connectivity index (χ1n) is 6.60. The lowest BCUT2D eigenvalue weighted by Crippen LogP contribution is -2.60. The van der Waals surface area contributed by atoms with Crippen molar-refractivity contribution >= 4 is 11.6 Å². The molecule has 1 aliphatic rings. The number of β-lactam (4-membered cyclic amide) rings is 1. The molecule has 1 saturated heterocycles. The maximum atomic E-state index is 12.3. The first kappa shape index (κ1) is 14.1. The van der Waals surface area contributed by atoms with Gasteiger partial charge < -0.3 is 9.64 Å². The van der Waals surface area contributed by atoms with Crippen molar-refractivity contribution < 1.29 is 9.53 Å². The first-order valence-corrected chi connectivity index (χ1v) is 6.60. The summed E-state index contributed by atoms with van der Waals surface area (Å²) in [6, 6.07) is 7.58. The molecule has 0 spiro atoms. The molecule has 1 heterocycles. The Balaban J connectivity index is 2.23. The number of hydrogen-bond donors (Lipinski definition) is 0. The predicted molar refractivity (Wildman–Crippen MR) is 81.9 cm³/mol. The lowest BCUT2D eigenvalue weighted by molar-refractivity contribution is -0.128. The quantitative estimate of drug-likeness (QED) is 0.450. The average Bonchev–Trinajstić information content (AvgIpc) is 2.49. The minimum absolute atomic E-state index is 0.0224. The molecule has 1 unspecified atom stereocenters. The summed E-state index contributed by atoms with van der Waals surface area (Å²) in [6.45, 7) is 7.40. The van der Waals surface area contributed by atoms with Crippen LogP contribution in [0.3, 0.4) is 0 Å². The van der Waals surface area contributed by atoms with Crippen LogP contribution in [0.4, 0.5) is 5.69 Å². The van der Waals surface area contributed by atoms with Crippen molar-refractivity contribution in [2.24, 2.45) is 5.92 Å². The maximum Gasteiger partial charge on any atom is 0.233 e. The zero-order chi connectivity index (χ0) is 14.5. The molecule has 0 N–H and O–H groups in total. The van der Waals surface area contributed by atoms with Crippen LogP contribution in [0.5, 0.6) is 5.75 Å². The zero-order valence-electron chi connectivity index (χ0n) is 11.7. The maximum absolute atomic E-state index is 12.3. The van der Waals surface area contributed by atoms with Crippen LogP contribution in [0.2, 0.25) is 0 Å².